The van der Waals surface area contributed by atoms with Gasteiger partial charge in [-0.25, -0.2) is 4.98 Å². The molecule has 23 heavy (non-hydrogen) atoms. The smallest absolute Gasteiger partial charge is 0.273 e. The van der Waals surface area contributed by atoms with Crippen LogP contribution >= 0.6 is 0 Å². The Balaban J connectivity index is 2.28. The van der Waals surface area contributed by atoms with Crippen molar-refractivity contribution in [3.05, 3.63) is 59.3 Å². The van der Waals surface area contributed by atoms with Crippen LogP contribution in [0.15, 0.2) is 47.8 Å². The van der Waals surface area contributed by atoms with Crippen molar-refractivity contribution in [3.63, 3.8) is 0 Å². The molecule has 1 aromatic heterocycles. The summed E-state index contributed by atoms with van der Waals surface area (Å²) in [6, 6.07) is 11.2. The summed E-state index contributed by atoms with van der Waals surface area (Å²) in [7, 11) is 2.95. The molecule has 0 aliphatic rings. The van der Waals surface area contributed by atoms with Gasteiger partial charge in [-0.05, 0) is 18.6 Å². The molecular weight excluding hydrogens is 294 g/mol. The summed E-state index contributed by atoms with van der Waals surface area (Å²) in [6.07, 6.45) is 1.68. The third-order valence-electron chi connectivity index (χ3n) is 3.22. The summed E-state index contributed by atoms with van der Waals surface area (Å²) < 4.78 is 5.77. The van der Waals surface area contributed by atoms with E-state index in [1.807, 2.05) is 37.3 Å². The van der Waals surface area contributed by atoms with Crippen LogP contribution in [0.4, 0.5) is 0 Å². The van der Waals surface area contributed by atoms with Gasteiger partial charge < -0.3 is 14.9 Å². The Morgan fingerprint density at radius 2 is 2.04 bits per heavy atom. The normalized spacial score (nSPS) is 11.0. The van der Waals surface area contributed by atoms with E-state index >= 15 is 0 Å². The number of rotatable bonds is 6. The van der Waals surface area contributed by atoms with Gasteiger partial charge in [0, 0.05) is 24.4 Å². The first kappa shape index (κ1) is 16.5. The van der Waals surface area contributed by atoms with Gasteiger partial charge in [0.25, 0.3) is 5.91 Å². The van der Waals surface area contributed by atoms with Gasteiger partial charge >= 0.3 is 0 Å². The Hall–Kier alpha value is -2.89. The molecule has 120 valence electrons. The number of aryl methyl sites for hydroxylation is 1. The minimum atomic E-state index is -0.326. The number of oxime groups is 1. The van der Waals surface area contributed by atoms with Gasteiger partial charge in [0.2, 0.25) is 5.88 Å². The van der Waals surface area contributed by atoms with Gasteiger partial charge in [0.05, 0.1) is 0 Å². The van der Waals surface area contributed by atoms with Crippen LogP contribution in [-0.2, 0) is 16.2 Å². The molecule has 1 heterocycles. The molecule has 2 aromatic rings. The minimum absolute atomic E-state index is 0.201. The molecule has 0 spiro atoms. The number of amides is 1. The fourth-order valence-corrected chi connectivity index (χ4v) is 2.07. The number of hydrogen-bond acceptors (Lipinski definition) is 5. The first-order valence-corrected chi connectivity index (χ1v) is 7.13. The number of nitrogens with zero attached hydrogens (tertiary/aromatic N) is 2. The molecule has 0 radical (unpaired) electrons. The van der Waals surface area contributed by atoms with Crippen molar-refractivity contribution in [3.8, 4) is 5.88 Å². The maximum absolute atomic E-state index is 12.0. The summed E-state index contributed by atoms with van der Waals surface area (Å²) in [5.41, 5.74) is 2.62. The summed E-state index contributed by atoms with van der Waals surface area (Å²) in [5.74, 6) is 0.237. The van der Waals surface area contributed by atoms with E-state index in [0.29, 0.717) is 11.4 Å². The van der Waals surface area contributed by atoms with E-state index in [2.05, 4.69) is 15.5 Å². The van der Waals surface area contributed by atoms with Gasteiger partial charge in [0.15, 0.2) is 5.71 Å². The predicted molar refractivity (Wildman–Crippen MR) is 87.4 cm³/mol. The van der Waals surface area contributed by atoms with Crippen LogP contribution in [0, 0.1) is 6.92 Å². The SMILES string of the molecule is CNC(=O)/C(=N\OC)c1ccccc1COc1ncccc1C. The lowest BCUT2D eigenvalue weighted by atomic mass is 10.0. The van der Waals surface area contributed by atoms with Crippen LogP contribution in [0.1, 0.15) is 16.7 Å². The molecule has 0 aliphatic carbocycles. The Bertz CT molecular complexity index is 714. The van der Waals surface area contributed by atoms with E-state index in [1.54, 1.807) is 19.3 Å². The number of benzene rings is 1. The van der Waals surface area contributed by atoms with Gasteiger partial charge in [-0.15, -0.1) is 0 Å². The number of likely N-dealkylation sites (N-methyl/N-ethyl adjacent to an activating group) is 1. The van der Waals surface area contributed by atoms with Crippen LogP contribution in [0.3, 0.4) is 0 Å². The van der Waals surface area contributed by atoms with Crippen molar-refractivity contribution in [1.82, 2.24) is 10.3 Å². The van der Waals surface area contributed by atoms with Crippen molar-refractivity contribution < 1.29 is 14.4 Å². The minimum Gasteiger partial charge on any atom is -0.473 e. The van der Waals surface area contributed by atoms with Crippen molar-refractivity contribution in [2.45, 2.75) is 13.5 Å². The second kappa shape index (κ2) is 7.93. The van der Waals surface area contributed by atoms with Gasteiger partial charge in [-0.3, -0.25) is 4.79 Å². The molecule has 1 amide bonds. The molecule has 0 aliphatic heterocycles. The van der Waals surface area contributed by atoms with Crippen LogP contribution in [0.2, 0.25) is 0 Å². The molecular formula is C17H19N3O3. The molecule has 2 rings (SSSR count). The number of aromatic nitrogens is 1. The Labute approximate surface area is 135 Å². The van der Waals surface area contributed by atoms with Crippen molar-refractivity contribution >= 4 is 11.6 Å². The molecule has 1 aromatic carbocycles. The highest BCUT2D eigenvalue weighted by Gasteiger charge is 2.17. The highest BCUT2D eigenvalue weighted by atomic mass is 16.6. The maximum Gasteiger partial charge on any atom is 0.273 e. The molecule has 0 fully saturated rings. The maximum atomic E-state index is 12.0. The van der Waals surface area contributed by atoms with E-state index in [1.165, 1.54) is 7.11 Å². The van der Waals surface area contributed by atoms with Gasteiger partial charge in [0.1, 0.15) is 13.7 Å². The highest BCUT2D eigenvalue weighted by molar-refractivity contribution is 6.45. The predicted octanol–water partition coefficient (Wildman–Crippen LogP) is 2.07. The Morgan fingerprint density at radius 3 is 2.74 bits per heavy atom. The van der Waals surface area contributed by atoms with Crippen LogP contribution in [0.25, 0.3) is 0 Å². The van der Waals surface area contributed by atoms with E-state index in [-0.39, 0.29) is 18.2 Å². The standard InChI is InChI=1S/C17H19N3O3/c1-12-7-6-10-19-17(12)23-11-13-8-4-5-9-14(13)15(20-22-3)16(21)18-2/h4-10H,11H2,1-3H3,(H,18,21)/b20-15-. The Morgan fingerprint density at radius 1 is 1.26 bits per heavy atom. The van der Waals surface area contributed by atoms with E-state index in [4.69, 9.17) is 9.57 Å². The summed E-state index contributed by atoms with van der Waals surface area (Å²) in [4.78, 5) is 21.0. The van der Waals surface area contributed by atoms with Crippen molar-refractivity contribution in [2.75, 3.05) is 14.2 Å². The average molecular weight is 313 g/mol. The molecule has 0 saturated heterocycles. The number of ether oxygens (including phenoxy) is 1. The fourth-order valence-electron chi connectivity index (χ4n) is 2.07. The third-order valence-corrected chi connectivity index (χ3v) is 3.22. The first-order chi connectivity index (χ1) is 11.2. The van der Waals surface area contributed by atoms with E-state index < -0.39 is 0 Å². The largest absolute Gasteiger partial charge is 0.473 e. The zero-order valence-electron chi connectivity index (χ0n) is 13.4. The van der Waals surface area contributed by atoms with Gasteiger partial charge in [-0.1, -0.05) is 35.5 Å². The number of carbonyl (C=O) groups excluding carboxylic acids is 1. The fraction of sp³-hybridized carbons (Fsp3) is 0.235. The van der Waals surface area contributed by atoms with Crippen molar-refractivity contribution in [1.29, 1.82) is 0 Å². The lowest BCUT2D eigenvalue weighted by Crippen LogP contribution is -2.29. The molecule has 1 N–H and O–H groups in total. The second-order valence-electron chi connectivity index (χ2n) is 4.77. The quantitative estimate of drug-likeness (QED) is 0.654. The zero-order valence-corrected chi connectivity index (χ0v) is 13.4. The van der Waals surface area contributed by atoms with Crippen LogP contribution in [-0.4, -0.2) is 30.8 Å². The second-order valence-corrected chi connectivity index (χ2v) is 4.77. The van der Waals surface area contributed by atoms with E-state index in [9.17, 15) is 4.79 Å². The number of hydrogen-bond donors (Lipinski definition) is 1. The molecule has 0 unspecified atom stereocenters. The number of pyridine rings is 1. The zero-order chi connectivity index (χ0) is 16.7. The monoisotopic (exact) mass is 313 g/mol. The molecule has 0 saturated carbocycles. The van der Waals surface area contributed by atoms with Crippen LogP contribution in [0.5, 0.6) is 5.88 Å². The van der Waals surface area contributed by atoms with Crippen molar-refractivity contribution in [2.24, 2.45) is 5.16 Å². The molecule has 0 atom stereocenters. The Kier molecular flexibility index (Phi) is 5.68. The summed E-state index contributed by atoms with van der Waals surface area (Å²) in [5, 5.41) is 6.39. The number of carbonyl (C=O) groups is 1. The van der Waals surface area contributed by atoms with E-state index in [0.717, 1.165) is 11.1 Å². The highest BCUT2D eigenvalue weighted by Crippen LogP contribution is 2.17. The number of nitrogens with one attached hydrogen (secondary N) is 1. The molecule has 6 nitrogen and oxygen atoms in total. The summed E-state index contributed by atoms with van der Waals surface area (Å²) in [6.45, 7) is 2.20. The lowest BCUT2D eigenvalue weighted by molar-refractivity contribution is -0.114. The molecule has 0 bridgehead atoms. The lowest BCUT2D eigenvalue weighted by Gasteiger charge is -2.12. The summed E-state index contributed by atoms with van der Waals surface area (Å²) >= 11 is 0. The average Bonchev–Trinajstić information content (AvgIpc) is 2.59. The van der Waals surface area contributed by atoms with Crippen LogP contribution < -0.4 is 10.1 Å². The third kappa shape index (κ3) is 4.06. The molecule has 6 heteroatoms. The topological polar surface area (TPSA) is 72.8 Å². The first-order valence-electron chi connectivity index (χ1n) is 7.13. The van der Waals surface area contributed by atoms with Gasteiger partial charge in [-0.2, -0.15) is 0 Å².